The number of aliphatic hydroxyl groups is 1. The second-order valence-corrected chi connectivity index (χ2v) is 12.7. The van der Waals surface area contributed by atoms with E-state index < -0.39 is 0 Å². The quantitative estimate of drug-likeness (QED) is 0.470. The Morgan fingerprint density at radius 2 is 1.72 bits per heavy atom. The standard InChI is InChI=1S/C28H48O/c1-18(2)19(3)7-8-20(4)24-11-12-25-23-10-9-21-17-22(29)13-15-27(21,5)26(23)14-16-28(24,25)6/h9,18-20,22-26,29H,7-8,10-17H2,1-6H3/t19-,20+,22+,23-,24-,25+,26-,27+,28-/m0/s1. The fourth-order valence-corrected chi connectivity index (χ4v) is 8.68. The predicted octanol–water partition coefficient (Wildman–Crippen LogP) is 7.63. The monoisotopic (exact) mass is 400 g/mol. The van der Waals surface area contributed by atoms with Gasteiger partial charge in [0.05, 0.1) is 6.10 Å². The number of hydrogen-bond acceptors (Lipinski definition) is 1. The molecule has 166 valence electrons. The van der Waals surface area contributed by atoms with Gasteiger partial charge in [-0.25, -0.2) is 0 Å². The average Bonchev–Trinajstić information content (AvgIpc) is 3.03. The third kappa shape index (κ3) is 3.66. The van der Waals surface area contributed by atoms with E-state index in [1.54, 1.807) is 5.57 Å². The largest absolute Gasteiger partial charge is 0.393 e. The Balaban J connectivity index is 1.49. The first kappa shape index (κ1) is 21.9. The number of allylic oxidation sites excluding steroid dienone is 1. The summed E-state index contributed by atoms with van der Waals surface area (Å²) in [4.78, 5) is 0. The molecule has 3 saturated carbocycles. The highest BCUT2D eigenvalue weighted by molar-refractivity contribution is 5.25. The van der Waals surface area contributed by atoms with Crippen LogP contribution in [0.3, 0.4) is 0 Å². The van der Waals surface area contributed by atoms with Crippen molar-refractivity contribution < 1.29 is 5.11 Å². The first-order valence-electron chi connectivity index (χ1n) is 13.0. The molecule has 3 fully saturated rings. The first-order valence-corrected chi connectivity index (χ1v) is 13.0. The molecule has 4 rings (SSSR count). The molecule has 0 aromatic heterocycles. The molecule has 1 heteroatoms. The molecule has 0 amide bonds. The van der Waals surface area contributed by atoms with Gasteiger partial charge in [-0.15, -0.1) is 0 Å². The van der Waals surface area contributed by atoms with Gasteiger partial charge in [-0.1, -0.05) is 66.0 Å². The molecule has 29 heavy (non-hydrogen) atoms. The van der Waals surface area contributed by atoms with Gasteiger partial charge >= 0.3 is 0 Å². The van der Waals surface area contributed by atoms with E-state index in [1.807, 2.05) is 0 Å². The summed E-state index contributed by atoms with van der Waals surface area (Å²) in [5, 5.41) is 10.2. The lowest BCUT2D eigenvalue weighted by Gasteiger charge is -2.58. The summed E-state index contributed by atoms with van der Waals surface area (Å²) in [6, 6.07) is 0. The molecule has 1 N–H and O–H groups in total. The maximum absolute atomic E-state index is 10.2. The van der Waals surface area contributed by atoms with Gasteiger partial charge in [-0.3, -0.25) is 0 Å². The molecular formula is C28H48O. The van der Waals surface area contributed by atoms with E-state index >= 15 is 0 Å². The third-order valence-electron chi connectivity index (χ3n) is 11.1. The van der Waals surface area contributed by atoms with E-state index in [4.69, 9.17) is 0 Å². The molecule has 0 radical (unpaired) electrons. The highest BCUT2D eigenvalue weighted by Gasteiger charge is 2.59. The molecule has 1 nitrogen and oxygen atoms in total. The molecule has 0 unspecified atom stereocenters. The lowest BCUT2D eigenvalue weighted by molar-refractivity contribution is -0.0574. The molecule has 0 aromatic rings. The van der Waals surface area contributed by atoms with Crippen LogP contribution in [0.15, 0.2) is 11.6 Å². The third-order valence-corrected chi connectivity index (χ3v) is 11.1. The lowest BCUT2D eigenvalue weighted by Crippen LogP contribution is -2.50. The molecule has 0 aromatic carbocycles. The molecule has 4 aliphatic rings. The van der Waals surface area contributed by atoms with Crippen LogP contribution in [0.2, 0.25) is 0 Å². The summed E-state index contributed by atoms with van der Waals surface area (Å²) in [5.41, 5.74) is 2.59. The van der Waals surface area contributed by atoms with Gasteiger partial charge in [0, 0.05) is 0 Å². The van der Waals surface area contributed by atoms with Crippen LogP contribution in [0.25, 0.3) is 0 Å². The maximum atomic E-state index is 10.2. The maximum Gasteiger partial charge on any atom is 0.0577 e. The van der Waals surface area contributed by atoms with E-state index in [9.17, 15) is 5.11 Å². The van der Waals surface area contributed by atoms with Crippen molar-refractivity contribution >= 4 is 0 Å². The highest BCUT2D eigenvalue weighted by atomic mass is 16.3. The molecule has 4 aliphatic carbocycles. The number of rotatable bonds is 5. The van der Waals surface area contributed by atoms with Gasteiger partial charge in [0.2, 0.25) is 0 Å². The zero-order valence-corrected chi connectivity index (χ0v) is 20.2. The van der Waals surface area contributed by atoms with Crippen molar-refractivity contribution in [1.82, 2.24) is 0 Å². The van der Waals surface area contributed by atoms with Crippen LogP contribution in [-0.2, 0) is 0 Å². The lowest BCUT2D eigenvalue weighted by atomic mass is 9.47. The minimum Gasteiger partial charge on any atom is -0.393 e. The van der Waals surface area contributed by atoms with Crippen molar-refractivity contribution in [3.63, 3.8) is 0 Å². The molecule has 9 atom stereocenters. The van der Waals surface area contributed by atoms with Crippen LogP contribution in [0, 0.1) is 52.3 Å². The van der Waals surface area contributed by atoms with Crippen LogP contribution in [-0.4, -0.2) is 11.2 Å². The van der Waals surface area contributed by atoms with Crippen molar-refractivity contribution in [2.45, 2.75) is 112 Å². The van der Waals surface area contributed by atoms with Crippen molar-refractivity contribution in [2.75, 3.05) is 0 Å². The van der Waals surface area contributed by atoms with Crippen LogP contribution in [0.5, 0.6) is 0 Å². The molecule has 0 heterocycles. The molecule has 0 aliphatic heterocycles. The van der Waals surface area contributed by atoms with Gasteiger partial charge in [0.1, 0.15) is 0 Å². The van der Waals surface area contributed by atoms with Crippen molar-refractivity contribution in [1.29, 1.82) is 0 Å². The molecule has 0 bridgehead atoms. The molecule has 0 spiro atoms. The summed E-state index contributed by atoms with van der Waals surface area (Å²) in [6.07, 6.45) is 15.7. The fourth-order valence-electron chi connectivity index (χ4n) is 8.68. The second-order valence-electron chi connectivity index (χ2n) is 12.7. The Morgan fingerprint density at radius 1 is 0.966 bits per heavy atom. The van der Waals surface area contributed by atoms with Crippen LogP contribution < -0.4 is 0 Å². The van der Waals surface area contributed by atoms with Crippen molar-refractivity contribution in [3.05, 3.63) is 11.6 Å². The molecular weight excluding hydrogens is 352 g/mol. The van der Waals surface area contributed by atoms with Gasteiger partial charge in [-0.2, -0.15) is 0 Å². The van der Waals surface area contributed by atoms with Crippen molar-refractivity contribution in [2.24, 2.45) is 52.3 Å². The summed E-state index contributed by atoms with van der Waals surface area (Å²) >= 11 is 0. The zero-order valence-electron chi connectivity index (χ0n) is 20.2. The number of aliphatic hydroxyl groups excluding tert-OH is 1. The van der Waals surface area contributed by atoms with E-state index in [0.717, 1.165) is 54.3 Å². The summed E-state index contributed by atoms with van der Waals surface area (Å²) in [7, 11) is 0. The van der Waals surface area contributed by atoms with E-state index in [-0.39, 0.29) is 6.10 Å². The average molecular weight is 401 g/mol. The Labute approximate surface area is 181 Å². The van der Waals surface area contributed by atoms with Gasteiger partial charge < -0.3 is 5.11 Å². The number of hydrogen-bond donors (Lipinski definition) is 1. The summed E-state index contributed by atoms with van der Waals surface area (Å²) in [6.45, 7) is 15.1. The number of fused-ring (bicyclic) bond motifs is 5. The highest BCUT2D eigenvalue weighted by Crippen LogP contribution is 2.67. The topological polar surface area (TPSA) is 20.2 Å². The van der Waals surface area contributed by atoms with Crippen LogP contribution in [0.1, 0.15) is 106 Å². The van der Waals surface area contributed by atoms with E-state index in [0.29, 0.717) is 10.8 Å². The molecule has 0 saturated heterocycles. The Bertz CT molecular complexity index is 620. The van der Waals surface area contributed by atoms with Crippen LogP contribution >= 0.6 is 0 Å². The smallest absolute Gasteiger partial charge is 0.0577 e. The van der Waals surface area contributed by atoms with Gasteiger partial charge in [-0.05, 0) is 104 Å². The predicted molar refractivity (Wildman–Crippen MR) is 124 cm³/mol. The minimum atomic E-state index is -0.0790. The van der Waals surface area contributed by atoms with E-state index in [1.165, 1.54) is 51.4 Å². The van der Waals surface area contributed by atoms with Crippen LogP contribution in [0.4, 0.5) is 0 Å². The minimum absolute atomic E-state index is 0.0790. The zero-order chi connectivity index (χ0) is 21.0. The fraction of sp³-hybridized carbons (Fsp3) is 0.929. The SMILES string of the molecule is CC(C)[C@@H](C)CC[C@@H](C)[C@@H]1CC[C@@H]2[C@@H]3CC=C4C[C@H](O)CC[C@@]4(C)[C@H]3CC[C@]21C. The summed E-state index contributed by atoms with van der Waals surface area (Å²) < 4.78 is 0. The van der Waals surface area contributed by atoms with Crippen molar-refractivity contribution in [3.8, 4) is 0 Å². The Kier molecular flexibility index (Phi) is 6.04. The van der Waals surface area contributed by atoms with Gasteiger partial charge in [0.15, 0.2) is 0 Å². The Hall–Kier alpha value is -0.300. The van der Waals surface area contributed by atoms with Gasteiger partial charge in [0.25, 0.3) is 0 Å². The first-order chi connectivity index (χ1) is 13.7. The second kappa shape index (κ2) is 7.99. The van der Waals surface area contributed by atoms with E-state index in [2.05, 4.69) is 47.6 Å². The normalized spacial score (nSPS) is 46.5. The Morgan fingerprint density at radius 3 is 2.45 bits per heavy atom. The summed E-state index contributed by atoms with van der Waals surface area (Å²) in [5.74, 6) is 6.24.